The van der Waals surface area contributed by atoms with E-state index in [1.807, 2.05) is 0 Å². The number of hydrogen-bond acceptors (Lipinski definition) is 3. The summed E-state index contributed by atoms with van der Waals surface area (Å²) in [5, 5.41) is 11.6. The van der Waals surface area contributed by atoms with Gasteiger partial charge in [0.15, 0.2) is 0 Å². The number of rotatable bonds is 11. The van der Waals surface area contributed by atoms with Crippen LogP contribution in [0.25, 0.3) is 0 Å². The molecule has 0 aromatic heterocycles. The van der Waals surface area contributed by atoms with E-state index in [-0.39, 0.29) is 12.1 Å². The van der Waals surface area contributed by atoms with E-state index in [0.29, 0.717) is 32.7 Å². The van der Waals surface area contributed by atoms with E-state index in [2.05, 4.69) is 6.92 Å². The Morgan fingerprint density at radius 2 is 1.57 bits per heavy atom. The number of aliphatic hydroxyl groups excluding tert-OH is 1. The van der Waals surface area contributed by atoms with Gasteiger partial charge in [-0.15, -0.1) is 0 Å². The third kappa shape index (κ3) is 9.97. The Labute approximate surface area is 140 Å². The van der Waals surface area contributed by atoms with Gasteiger partial charge in [0.25, 0.3) is 0 Å². The van der Waals surface area contributed by atoms with Crippen LogP contribution in [0.5, 0.6) is 0 Å². The van der Waals surface area contributed by atoms with Gasteiger partial charge in [0.05, 0.1) is 0 Å². The molecular weight excluding hydrogens is 398 g/mol. The van der Waals surface area contributed by atoms with Gasteiger partial charge in [-0.05, 0) is 0 Å². The number of carbonyl (C=O) groups excluding carboxylic acids is 1. The molecule has 0 radical (unpaired) electrons. The molecule has 0 aromatic rings. The van der Waals surface area contributed by atoms with Crippen LogP contribution < -0.4 is 0 Å². The summed E-state index contributed by atoms with van der Waals surface area (Å²) >= 11 is 1.21. The molecule has 1 aliphatic heterocycles. The van der Waals surface area contributed by atoms with Gasteiger partial charge in [0, 0.05) is 0 Å². The normalized spacial score (nSPS) is 22.2. The van der Waals surface area contributed by atoms with Crippen molar-refractivity contribution in [2.45, 2.75) is 94.0 Å². The molecule has 21 heavy (non-hydrogen) atoms. The zero-order chi connectivity index (χ0) is 15.3. The number of hydrogen-bond donors (Lipinski definition) is 1. The van der Waals surface area contributed by atoms with Crippen molar-refractivity contribution < 1.29 is 14.6 Å². The fraction of sp³-hybridized carbons (Fsp3) is 0.938. The molecule has 0 saturated carbocycles. The van der Waals surface area contributed by atoms with Crippen molar-refractivity contribution in [2.24, 2.45) is 0 Å². The van der Waals surface area contributed by atoms with E-state index in [1.54, 1.807) is 0 Å². The van der Waals surface area contributed by atoms with Gasteiger partial charge in [0.1, 0.15) is 0 Å². The summed E-state index contributed by atoms with van der Waals surface area (Å²) in [6.45, 7) is 2.24. The predicted molar refractivity (Wildman–Crippen MR) is 88.9 cm³/mol. The molecule has 0 aliphatic carbocycles. The zero-order valence-corrected chi connectivity index (χ0v) is 16.6. The van der Waals surface area contributed by atoms with Crippen molar-refractivity contribution in [3.63, 3.8) is 0 Å². The van der Waals surface area contributed by atoms with Crippen molar-refractivity contribution in [2.75, 3.05) is 0 Å². The summed E-state index contributed by atoms with van der Waals surface area (Å²) in [6.07, 6.45) is 11.3. The first-order valence-corrected chi connectivity index (χ1v) is 15.1. The van der Waals surface area contributed by atoms with Gasteiger partial charge in [0.2, 0.25) is 0 Å². The monoisotopic (exact) mass is 430 g/mol. The van der Waals surface area contributed by atoms with Crippen molar-refractivity contribution in [3.8, 4) is 0 Å². The molecule has 0 spiro atoms. The predicted octanol–water partition coefficient (Wildman–Crippen LogP) is 3.35. The van der Waals surface area contributed by atoms with Crippen LogP contribution in [0, 0.1) is 0 Å². The molecule has 1 fully saturated rings. The van der Waals surface area contributed by atoms with Crippen molar-refractivity contribution in [3.05, 3.63) is 0 Å². The topological polar surface area (TPSA) is 46.5 Å². The second kappa shape index (κ2) is 13.0. The van der Waals surface area contributed by atoms with Gasteiger partial charge < -0.3 is 0 Å². The first kappa shape index (κ1) is 19.5. The Kier molecular flexibility index (Phi) is 12.0. The molecule has 0 bridgehead atoms. The van der Waals surface area contributed by atoms with Crippen molar-refractivity contribution >= 4 is 32.2 Å². The maximum absolute atomic E-state index is 11.7. The van der Waals surface area contributed by atoms with Crippen molar-refractivity contribution in [1.82, 2.24) is 0 Å². The Morgan fingerprint density at radius 3 is 2.19 bits per heavy atom. The fourth-order valence-corrected chi connectivity index (χ4v) is 9.49. The second-order valence-electron chi connectivity index (χ2n) is 5.74. The third-order valence-electron chi connectivity index (χ3n) is 3.75. The molecule has 2 atom stereocenters. The molecule has 1 heterocycles. The summed E-state index contributed by atoms with van der Waals surface area (Å²) in [7, 11) is 0. The summed E-state index contributed by atoms with van der Waals surface area (Å²) in [5.41, 5.74) is 0. The molecule has 124 valence electrons. The quantitative estimate of drug-likeness (QED) is 0.312. The van der Waals surface area contributed by atoms with Crippen molar-refractivity contribution in [1.29, 1.82) is 0 Å². The van der Waals surface area contributed by atoms with Gasteiger partial charge in [-0.1, -0.05) is 19.8 Å². The molecule has 0 aromatic carbocycles. The fourth-order valence-electron chi connectivity index (χ4n) is 2.37. The first-order valence-electron chi connectivity index (χ1n) is 8.36. The van der Waals surface area contributed by atoms with Crippen LogP contribution >= 0.6 is 0 Å². The Morgan fingerprint density at radius 1 is 1.00 bits per heavy atom. The molecule has 1 aliphatic rings. The standard InChI is InChI=1S/C16H30O3Se2/c1-2-3-4-5-6-7-8-9-10-11-16(18)19-15-13-21-20-12-14(15)17/h14-15,17H,2-13H2,1H3/t14-,15-/m1/s1. The molecule has 5 heteroatoms. The Bertz CT molecular complexity index is 274. The summed E-state index contributed by atoms with van der Waals surface area (Å²) < 4.78 is 5.41. The third-order valence-corrected chi connectivity index (χ3v) is 10.9. The van der Waals surface area contributed by atoms with Crippen LogP contribution in [-0.2, 0) is 9.53 Å². The van der Waals surface area contributed by atoms with E-state index in [1.165, 1.54) is 44.9 Å². The van der Waals surface area contributed by atoms with Gasteiger partial charge in [-0.2, -0.15) is 0 Å². The van der Waals surface area contributed by atoms with Crippen LogP contribution in [0.15, 0.2) is 0 Å². The van der Waals surface area contributed by atoms with Crippen LogP contribution in [0.3, 0.4) is 0 Å². The number of esters is 1. The Balaban J connectivity index is 1.91. The number of carbonyl (C=O) groups is 1. The van der Waals surface area contributed by atoms with Crippen LogP contribution in [-0.4, -0.2) is 49.5 Å². The first-order chi connectivity index (χ1) is 10.2. The SMILES string of the molecule is CCCCCCCCCCCC(=O)O[C@@H]1C[Se][Se]C[C@H]1O. The van der Waals surface area contributed by atoms with Crippen LogP contribution in [0.2, 0.25) is 10.6 Å². The number of unbranched alkanes of at least 4 members (excludes halogenated alkanes) is 8. The summed E-state index contributed by atoms with van der Waals surface area (Å²) in [5.74, 6) is -0.104. The van der Waals surface area contributed by atoms with Crippen LogP contribution in [0.1, 0.15) is 71.1 Å². The van der Waals surface area contributed by atoms with Gasteiger partial charge in [-0.3, -0.25) is 0 Å². The zero-order valence-electron chi connectivity index (χ0n) is 13.2. The van der Waals surface area contributed by atoms with E-state index >= 15 is 0 Å². The van der Waals surface area contributed by atoms with Gasteiger partial charge >= 0.3 is 121 Å². The number of ether oxygens (including phenoxy) is 1. The molecule has 0 unspecified atom stereocenters. The van der Waals surface area contributed by atoms with Gasteiger partial charge in [-0.25, -0.2) is 0 Å². The minimum absolute atomic E-state index is 0.104. The Hall–Kier alpha value is 0.469. The van der Waals surface area contributed by atoms with Crippen LogP contribution in [0.4, 0.5) is 0 Å². The van der Waals surface area contributed by atoms with E-state index in [0.717, 1.165) is 23.5 Å². The average molecular weight is 428 g/mol. The molecular formula is C16H30O3Se2. The average Bonchev–Trinajstić information content (AvgIpc) is 2.48. The molecule has 1 N–H and O–H groups in total. The second-order valence-corrected chi connectivity index (χ2v) is 13.3. The molecule has 1 rings (SSSR count). The molecule has 3 nitrogen and oxygen atoms in total. The summed E-state index contributed by atoms with van der Waals surface area (Å²) in [6, 6.07) is 0. The van der Waals surface area contributed by atoms with E-state index < -0.39 is 6.10 Å². The number of aliphatic hydroxyl groups is 1. The molecule has 1 saturated heterocycles. The minimum atomic E-state index is -0.396. The van der Waals surface area contributed by atoms with E-state index in [9.17, 15) is 9.90 Å². The van der Waals surface area contributed by atoms with E-state index in [4.69, 9.17) is 4.74 Å². The summed E-state index contributed by atoms with van der Waals surface area (Å²) in [4.78, 5) is 11.7. The molecule has 0 amide bonds. The maximum atomic E-state index is 11.7.